The Labute approximate surface area is 169 Å². The average molecular weight is 414 g/mol. The minimum atomic E-state index is -3.39. The normalized spacial score (nSPS) is 16.2. The summed E-state index contributed by atoms with van der Waals surface area (Å²) in [6.45, 7) is 2.60. The van der Waals surface area contributed by atoms with E-state index in [1.54, 1.807) is 6.20 Å². The van der Waals surface area contributed by atoms with E-state index in [9.17, 15) is 13.2 Å². The molecule has 0 saturated carbocycles. The van der Waals surface area contributed by atoms with Crippen molar-refractivity contribution in [2.24, 2.45) is 5.92 Å². The molecule has 4 rings (SSSR count). The highest BCUT2D eigenvalue weighted by Gasteiger charge is 2.31. The second-order valence-corrected chi connectivity index (χ2v) is 9.32. The fourth-order valence-electron chi connectivity index (χ4n) is 3.60. The topological polar surface area (TPSA) is 108 Å². The van der Waals surface area contributed by atoms with Crippen LogP contribution in [0.25, 0.3) is 11.0 Å². The SMILES string of the molecule is Cc1[nH]nc2ncc(NC(=O)C3CCN(S(=O)(=O)Cc4ccccc4)CC3)cc12. The predicted molar refractivity (Wildman–Crippen MR) is 111 cm³/mol. The van der Waals surface area contributed by atoms with Gasteiger partial charge in [-0.3, -0.25) is 9.89 Å². The molecule has 3 aromatic rings. The second-order valence-electron chi connectivity index (χ2n) is 7.35. The van der Waals surface area contributed by atoms with Crippen LogP contribution in [0.15, 0.2) is 42.6 Å². The number of anilines is 1. The molecular formula is C20H23N5O3S. The fraction of sp³-hybridized carbons (Fsp3) is 0.350. The number of carbonyl (C=O) groups excluding carboxylic acids is 1. The van der Waals surface area contributed by atoms with Crippen molar-refractivity contribution in [2.75, 3.05) is 18.4 Å². The number of aromatic nitrogens is 3. The van der Waals surface area contributed by atoms with E-state index in [0.717, 1.165) is 16.6 Å². The number of H-pyrrole nitrogens is 1. The van der Waals surface area contributed by atoms with E-state index in [0.29, 0.717) is 37.3 Å². The Morgan fingerprint density at radius 2 is 1.97 bits per heavy atom. The molecule has 2 aromatic heterocycles. The molecule has 0 spiro atoms. The van der Waals surface area contributed by atoms with Gasteiger partial charge in [-0.15, -0.1) is 0 Å². The molecule has 0 atom stereocenters. The number of rotatable bonds is 5. The van der Waals surface area contributed by atoms with Crippen molar-refractivity contribution in [1.29, 1.82) is 0 Å². The summed E-state index contributed by atoms with van der Waals surface area (Å²) in [5.74, 6) is -0.341. The third kappa shape index (κ3) is 4.30. The Morgan fingerprint density at radius 1 is 1.24 bits per heavy atom. The van der Waals surface area contributed by atoms with Crippen LogP contribution in [0, 0.1) is 12.8 Å². The van der Waals surface area contributed by atoms with Gasteiger partial charge in [0, 0.05) is 30.1 Å². The van der Waals surface area contributed by atoms with Crippen molar-refractivity contribution in [3.8, 4) is 0 Å². The van der Waals surface area contributed by atoms with Gasteiger partial charge in [-0.25, -0.2) is 17.7 Å². The number of carbonyl (C=O) groups is 1. The lowest BCUT2D eigenvalue weighted by Crippen LogP contribution is -2.41. The van der Waals surface area contributed by atoms with E-state index in [2.05, 4.69) is 20.5 Å². The van der Waals surface area contributed by atoms with Crippen LogP contribution in [0.5, 0.6) is 0 Å². The molecule has 0 unspecified atom stereocenters. The number of nitrogens with zero attached hydrogens (tertiary/aromatic N) is 3. The van der Waals surface area contributed by atoms with Crippen molar-refractivity contribution < 1.29 is 13.2 Å². The van der Waals surface area contributed by atoms with Gasteiger partial charge in [0.2, 0.25) is 15.9 Å². The third-order valence-corrected chi connectivity index (χ3v) is 7.13. The number of hydrogen-bond acceptors (Lipinski definition) is 5. The van der Waals surface area contributed by atoms with Gasteiger partial charge in [-0.05, 0) is 31.4 Å². The summed E-state index contributed by atoms with van der Waals surface area (Å²) in [5, 5.41) is 10.7. The van der Waals surface area contributed by atoms with Gasteiger partial charge >= 0.3 is 0 Å². The summed E-state index contributed by atoms with van der Waals surface area (Å²) in [7, 11) is -3.39. The van der Waals surface area contributed by atoms with Crippen molar-refractivity contribution in [3.05, 3.63) is 53.9 Å². The smallest absolute Gasteiger partial charge is 0.227 e. The number of nitrogens with one attached hydrogen (secondary N) is 2. The molecule has 8 nitrogen and oxygen atoms in total. The van der Waals surface area contributed by atoms with E-state index in [1.807, 2.05) is 43.3 Å². The average Bonchev–Trinajstić information content (AvgIpc) is 3.09. The number of fused-ring (bicyclic) bond motifs is 1. The molecule has 29 heavy (non-hydrogen) atoms. The first-order chi connectivity index (χ1) is 13.9. The quantitative estimate of drug-likeness (QED) is 0.668. The number of aromatic amines is 1. The van der Waals surface area contributed by atoms with Gasteiger partial charge in [0.05, 0.1) is 17.6 Å². The maximum Gasteiger partial charge on any atom is 0.227 e. The van der Waals surface area contributed by atoms with E-state index < -0.39 is 10.0 Å². The van der Waals surface area contributed by atoms with Crippen molar-refractivity contribution in [2.45, 2.75) is 25.5 Å². The largest absolute Gasteiger partial charge is 0.324 e. The van der Waals surface area contributed by atoms with Crippen LogP contribution in [0.2, 0.25) is 0 Å². The van der Waals surface area contributed by atoms with Gasteiger partial charge in [0.25, 0.3) is 0 Å². The molecule has 2 N–H and O–H groups in total. The Balaban J connectivity index is 1.36. The first-order valence-corrected chi connectivity index (χ1v) is 11.2. The summed E-state index contributed by atoms with van der Waals surface area (Å²) in [5.41, 5.74) is 2.88. The number of sulfonamides is 1. The monoisotopic (exact) mass is 413 g/mol. The maximum atomic E-state index is 12.7. The van der Waals surface area contributed by atoms with Crippen LogP contribution in [-0.4, -0.2) is 46.9 Å². The molecular weight excluding hydrogens is 390 g/mol. The fourth-order valence-corrected chi connectivity index (χ4v) is 5.17. The van der Waals surface area contributed by atoms with E-state index in [1.165, 1.54) is 4.31 Å². The van der Waals surface area contributed by atoms with Crippen LogP contribution >= 0.6 is 0 Å². The van der Waals surface area contributed by atoms with E-state index in [-0.39, 0.29) is 17.6 Å². The Bertz CT molecular complexity index is 1120. The molecule has 1 aromatic carbocycles. The second kappa shape index (κ2) is 7.92. The van der Waals surface area contributed by atoms with Crippen LogP contribution in [0.3, 0.4) is 0 Å². The minimum absolute atomic E-state index is 0.0135. The Morgan fingerprint density at radius 3 is 2.69 bits per heavy atom. The molecule has 1 aliphatic rings. The number of pyridine rings is 1. The molecule has 3 heterocycles. The zero-order valence-corrected chi connectivity index (χ0v) is 16.9. The van der Waals surface area contributed by atoms with Crippen LogP contribution in [0.1, 0.15) is 24.1 Å². The Kier molecular flexibility index (Phi) is 5.33. The predicted octanol–water partition coefficient (Wildman–Crippen LogP) is 2.45. The summed E-state index contributed by atoms with van der Waals surface area (Å²) in [6.07, 6.45) is 2.58. The molecule has 1 saturated heterocycles. The van der Waals surface area contributed by atoms with Crippen molar-refractivity contribution >= 4 is 32.7 Å². The summed E-state index contributed by atoms with van der Waals surface area (Å²) >= 11 is 0. The number of amides is 1. The number of benzene rings is 1. The highest BCUT2D eigenvalue weighted by atomic mass is 32.2. The van der Waals surface area contributed by atoms with E-state index in [4.69, 9.17) is 0 Å². The van der Waals surface area contributed by atoms with Gasteiger partial charge in [0.1, 0.15) is 0 Å². The van der Waals surface area contributed by atoms with Crippen molar-refractivity contribution in [1.82, 2.24) is 19.5 Å². The molecule has 1 fully saturated rings. The van der Waals surface area contributed by atoms with Gasteiger partial charge in [-0.2, -0.15) is 5.10 Å². The van der Waals surface area contributed by atoms with E-state index >= 15 is 0 Å². The van der Waals surface area contributed by atoms with Gasteiger partial charge in [-0.1, -0.05) is 30.3 Å². The molecule has 0 aliphatic carbocycles. The zero-order valence-electron chi connectivity index (χ0n) is 16.1. The third-order valence-electron chi connectivity index (χ3n) is 5.28. The lowest BCUT2D eigenvalue weighted by atomic mass is 9.97. The molecule has 1 amide bonds. The van der Waals surface area contributed by atoms with Gasteiger partial charge in [0.15, 0.2) is 5.65 Å². The summed E-state index contributed by atoms with van der Waals surface area (Å²) in [6, 6.07) is 11.0. The van der Waals surface area contributed by atoms with Crippen LogP contribution in [-0.2, 0) is 20.6 Å². The molecule has 9 heteroatoms. The van der Waals surface area contributed by atoms with Gasteiger partial charge < -0.3 is 5.32 Å². The minimum Gasteiger partial charge on any atom is -0.324 e. The highest BCUT2D eigenvalue weighted by Crippen LogP contribution is 2.24. The summed E-state index contributed by atoms with van der Waals surface area (Å²) in [4.78, 5) is 16.9. The summed E-state index contributed by atoms with van der Waals surface area (Å²) < 4.78 is 26.8. The highest BCUT2D eigenvalue weighted by molar-refractivity contribution is 7.88. The molecule has 152 valence electrons. The lowest BCUT2D eigenvalue weighted by molar-refractivity contribution is -0.120. The van der Waals surface area contributed by atoms with Crippen LogP contribution < -0.4 is 5.32 Å². The Hall–Kier alpha value is -2.78. The first kappa shape index (κ1) is 19.5. The standard InChI is InChI=1S/C20H23N5O3S/c1-14-18-11-17(12-21-19(18)24-23-14)22-20(26)16-7-9-25(10-8-16)29(27,28)13-15-5-3-2-4-6-15/h2-6,11-12,16H,7-10,13H2,1H3,(H,22,26)(H,21,23,24). The lowest BCUT2D eigenvalue weighted by Gasteiger charge is -2.30. The number of piperidine rings is 1. The van der Waals surface area contributed by atoms with Crippen LogP contribution in [0.4, 0.5) is 5.69 Å². The molecule has 1 aliphatic heterocycles. The number of aryl methyl sites for hydroxylation is 1. The molecule has 0 radical (unpaired) electrons. The van der Waals surface area contributed by atoms with Crippen molar-refractivity contribution in [3.63, 3.8) is 0 Å². The number of hydrogen-bond donors (Lipinski definition) is 2. The maximum absolute atomic E-state index is 12.7. The first-order valence-electron chi connectivity index (χ1n) is 9.56. The zero-order chi connectivity index (χ0) is 20.4. The molecule has 0 bridgehead atoms.